The normalized spacial score (nSPS) is 11.0. The second kappa shape index (κ2) is 20.3. The third kappa shape index (κ3) is 16.6. The number of hydrogen-bond acceptors (Lipinski definition) is 20. The van der Waals surface area contributed by atoms with Gasteiger partial charge < -0.3 is 51.2 Å². The molecule has 0 atom stereocenters. The molecule has 0 amide bonds. The van der Waals surface area contributed by atoms with E-state index in [4.69, 9.17) is 10.2 Å². The van der Waals surface area contributed by atoms with Crippen LogP contribution in [0.5, 0.6) is 0 Å². The average Bonchev–Trinajstić information content (AvgIpc) is 2.89. The van der Waals surface area contributed by atoms with Crippen LogP contribution in [-0.2, 0) is 20.2 Å². The van der Waals surface area contributed by atoms with E-state index in [0.717, 1.165) is 0 Å². The van der Waals surface area contributed by atoms with Crippen molar-refractivity contribution in [2.24, 2.45) is 0 Å². The maximum atomic E-state index is 10.9. The molecular weight excluding hydrogens is 679 g/mol. The minimum Gasteiger partial charge on any atom is -0.748 e. The van der Waals surface area contributed by atoms with Crippen LogP contribution in [0, 0.1) is 0 Å². The van der Waals surface area contributed by atoms with Gasteiger partial charge in [-0.15, -0.1) is 0 Å². The van der Waals surface area contributed by atoms with Crippen molar-refractivity contribution in [3.63, 3.8) is 0 Å². The number of aromatic nitrogens is 6. The predicted octanol–water partition coefficient (Wildman–Crippen LogP) is -7.73. The van der Waals surface area contributed by atoms with E-state index in [9.17, 15) is 25.9 Å². The summed E-state index contributed by atoms with van der Waals surface area (Å²) in [5, 5.41) is 34.9. The van der Waals surface area contributed by atoms with Crippen LogP contribution in [0.1, 0.15) is 0 Å². The van der Waals surface area contributed by atoms with Crippen molar-refractivity contribution >= 4 is 67.3 Å². The van der Waals surface area contributed by atoms with Gasteiger partial charge in [-0.05, 0) is 18.2 Å². The monoisotopic (exact) mass is 706 g/mol. The van der Waals surface area contributed by atoms with Crippen LogP contribution in [0.3, 0.4) is 0 Å². The van der Waals surface area contributed by atoms with Gasteiger partial charge in [-0.2, -0.15) is 29.9 Å². The largest absolute Gasteiger partial charge is 1.00 e. The fraction of sp³-hybridized carbons (Fsp3) is 0.400. The maximum Gasteiger partial charge on any atom is 1.00 e. The zero-order chi connectivity index (χ0) is 30.6. The van der Waals surface area contributed by atoms with Gasteiger partial charge in [0.25, 0.3) is 0 Å². The minimum absolute atomic E-state index is 0. The molecule has 0 aliphatic carbocycles. The zero-order valence-corrected chi connectivity index (χ0v) is 31.7. The van der Waals surface area contributed by atoms with E-state index in [0.29, 0.717) is 11.4 Å². The van der Waals surface area contributed by atoms with Crippen molar-refractivity contribution in [1.29, 1.82) is 0 Å². The molecule has 20 nitrogen and oxygen atoms in total. The van der Waals surface area contributed by atoms with Gasteiger partial charge in [0.05, 0.1) is 45.0 Å². The molecule has 3 rings (SSSR count). The number of hydrogen-bond donors (Lipinski definition) is 8. The van der Waals surface area contributed by atoms with E-state index in [1.165, 1.54) is 0 Å². The van der Waals surface area contributed by atoms with Crippen LogP contribution >= 0.6 is 0 Å². The Kier molecular flexibility index (Phi) is 19.0. The SMILES string of the molecule is O=S(=O)([O-])CCNc1nc(NCCS(=O)(=O)[O-])nc(Nc2cccc(Nc3nc(NCCO)nc(NCCO)n3)c2)n1.[K+].[K+]. The molecule has 0 aliphatic heterocycles. The standard InChI is InChI=1S/C20H30N12O8S2.2K/c33-8-4-21-15-27-16(22-5-9-34)30-19(29-15)25-13-2-1-3-14(12-13)26-20-31-17(23-6-10-41(35,36)37)28-18(32-20)24-7-11-42(38,39)40;;/h1-3,12,33-34H,4-11H2,(H,35,36,37)(H,38,39,40)(H3,21,22,25,27,29,30)(H3,23,24,26,28,31,32);;/q;2*+1/p-2. The van der Waals surface area contributed by atoms with Crippen LogP contribution in [0.15, 0.2) is 24.3 Å². The summed E-state index contributed by atoms with van der Waals surface area (Å²) < 4.78 is 65.5. The summed E-state index contributed by atoms with van der Waals surface area (Å²) >= 11 is 0. The Morgan fingerprint density at radius 3 is 1.20 bits per heavy atom. The zero-order valence-electron chi connectivity index (χ0n) is 23.8. The first-order chi connectivity index (χ1) is 19.9. The second-order valence-electron chi connectivity index (χ2n) is 8.12. The molecule has 2 heterocycles. The average molecular weight is 707 g/mol. The molecule has 0 aliphatic rings. The Bertz CT molecular complexity index is 1470. The van der Waals surface area contributed by atoms with E-state index in [2.05, 4.69) is 61.8 Å². The van der Waals surface area contributed by atoms with E-state index in [-0.39, 0.29) is 178 Å². The van der Waals surface area contributed by atoms with Crippen molar-refractivity contribution in [2.45, 2.75) is 0 Å². The summed E-state index contributed by atoms with van der Waals surface area (Å²) in [6.45, 7) is -0.521. The van der Waals surface area contributed by atoms with Crippen molar-refractivity contribution < 1.29 is 139 Å². The molecule has 2 aromatic heterocycles. The minimum atomic E-state index is -4.51. The third-order valence-electron chi connectivity index (χ3n) is 4.71. The first kappa shape index (κ1) is 41.1. The van der Waals surface area contributed by atoms with Gasteiger partial charge in [0.2, 0.25) is 35.7 Å². The number of aliphatic hydroxyl groups excluding tert-OH is 2. The molecule has 0 bridgehead atoms. The van der Waals surface area contributed by atoms with Gasteiger partial charge in [-0.25, -0.2) is 16.8 Å². The first-order valence-electron chi connectivity index (χ1n) is 12.1. The number of rotatable bonds is 18. The fourth-order valence-corrected chi connectivity index (χ4v) is 3.73. The summed E-state index contributed by atoms with van der Waals surface area (Å²) in [5.41, 5.74) is 0.971. The maximum absolute atomic E-state index is 10.9. The van der Waals surface area contributed by atoms with Gasteiger partial charge in [-0.3, -0.25) is 0 Å². The van der Waals surface area contributed by atoms with E-state index in [1.807, 2.05) is 0 Å². The summed E-state index contributed by atoms with van der Waals surface area (Å²) in [4.78, 5) is 24.9. The van der Waals surface area contributed by atoms with E-state index >= 15 is 0 Å². The Morgan fingerprint density at radius 2 is 0.886 bits per heavy atom. The van der Waals surface area contributed by atoms with Crippen LogP contribution in [0.25, 0.3) is 0 Å². The quantitative estimate of drug-likeness (QED) is 0.0450. The third-order valence-corrected chi connectivity index (χ3v) is 6.11. The molecule has 230 valence electrons. The molecule has 8 N–H and O–H groups in total. The summed E-state index contributed by atoms with van der Waals surface area (Å²) in [6, 6.07) is 6.69. The predicted molar refractivity (Wildman–Crippen MR) is 150 cm³/mol. The first-order valence-corrected chi connectivity index (χ1v) is 15.3. The smallest absolute Gasteiger partial charge is 0.748 e. The topological polar surface area (TPSA) is 304 Å². The molecule has 0 saturated carbocycles. The molecular formula is C20H28K2N12O8S2. The summed E-state index contributed by atoms with van der Waals surface area (Å²) in [7, 11) is -9.01. The van der Waals surface area contributed by atoms with Gasteiger partial charge in [0.1, 0.15) is 0 Å². The van der Waals surface area contributed by atoms with Crippen LogP contribution in [0.2, 0.25) is 0 Å². The molecule has 1 aromatic carbocycles. The molecule has 0 radical (unpaired) electrons. The van der Waals surface area contributed by atoms with Gasteiger partial charge in [0, 0.05) is 37.6 Å². The van der Waals surface area contributed by atoms with Gasteiger partial charge in [0.15, 0.2) is 0 Å². The van der Waals surface area contributed by atoms with Crippen LogP contribution in [0.4, 0.5) is 47.1 Å². The Morgan fingerprint density at radius 1 is 0.568 bits per heavy atom. The fourth-order valence-electron chi connectivity index (χ4n) is 3.02. The summed E-state index contributed by atoms with van der Waals surface area (Å²) in [5.74, 6) is -1.29. The van der Waals surface area contributed by atoms with Crippen molar-refractivity contribution in [3.05, 3.63) is 24.3 Å². The molecule has 0 fully saturated rings. The van der Waals surface area contributed by atoms with Crippen molar-refractivity contribution in [1.82, 2.24) is 29.9 Å². The van der Waals surface area contributed by atoms with Crippen molar-refractivity contribution in [3.8, 4) is 0 Å². The Labute approximate surface area is 338 Å². The Balaban J connectivity index is 0.00000484. The van der Waals surface area contributed by atoms with Gasteiger partial charge in [-0.1, -0.05) is 6.07 Å². The van der Waals surface area contributed by atoms with Crippen molar-refractivity contribution in [2.75, 3.05) is 82.8 Å². The molecule has 0 unspecified atom stereocenters. The number of nitrogens with one attached hydrogen (secondary N) is 6. The second-order valence-corrected chi connectivity index (χ2v) is 11.2. The van der Waals surface area contributed by atoms with E-state index in [1.54, 1.807) is 24.3 Å². The number of aliphatic hydroxyl groups is 2. The molecule has 24 heteroatoms. The molecule has 44 heavy (non-hydrogen) atoms. The molecule has 3 aromatic rings. The van der Waals surface area contributed by atoms with Crippen LogP contribution in [-0.4, -0.2) is 117 Å². The number of benzene rings is 1. The molecule has 0 saturated heterocycles. The molecule has 0 spiro atoms. The number of anilines is 8. The van der Waals surface area contributed by atoms with Crippen LogP contribution < -0.4 is 135 Å². The Hall–Kier alpha value is -0.947. The number of nitrogens with zero attached hydrogens (tertiary/aromatic N) is 6. The summed E-state index contributed by atoms with van der Waals surface area (Å²) in [6.07, 6.45) is 0. The van der Waals surface area contributed by atoms with Gasteiger partial charge >= 0.3 is 103 Å². The van der Waals surface area contributed by atoms with E-state index < -0.39 is 31.7 Å².